The van der Waals surface area contributed by atoms with Crippen LogP contribution in [0.1, 0.15) is 226 Å². The van der Waals surface area contributed by atoms with E-state index in [0.29, 0.717) is 6.42 Å². The number of carbonyl (C=O) groups excluding carboxylic acids is 1. The molecule has 278 valence electrons. The fourth-order valence-corrected chi connectivity index (χ4v) is 6.41. The molecule has 47 heavy (non-hydrogen) atoms. The van der Waals surface area contributed by atoms with Gasteiger partial charge in [0, 0.05) is 6.42 Å². The molecule has 1 amide bonds. The van der Waals surface area contributed by atoms with Gasteiger partial charge in [0.15, 0.2) is 0 Å². The molecule has 0 heterocycles. The number of rotatable bonds is 38. The second-order valence-corrected chi connectivity index (χ2v) is 14.4. The highest BCUT2D eigenvalue weighted by atomic mass is 16.3. The summed E-state index contributed by atoms with van der Waals surface area (Å²) in [6.45, 7) is 4.30. The summed E-state index contributed by atoms with van der Waals surface area (Å²) >= 11 is 0. The molecule has 0 bridgehead atoms. The highest BCUT2D eigenvalue weighted by Gasteiger charge is 2.17. The molecule has 0 aromatic rings. The molecular formula is C43H83NO3. The molecular weight excluding hydrogens is 578 g/mol. The smallest absolute Gasteiger partial charge is 0.220 e. The van der Waals surface area contributed by atoms with Gasteiger partial charge in [-0.05, 0) is 44.9 Å². The first-order valence-electron chi connectivity index (χ1n) is 21.1. The molecule has 2 unspecified atom stereocenters. The van der Waals surface area contributed by atoms with Crippen LogP contribution in [0, 0.1) is 0 Å². The highest BCUT2D eigenvalue weighted by molar-refractivity contribution is 5.76. The van der Waals surface area contributed by atoms with E-state index in [2.05, 4.69) is 31.3 Å². The summed E-state index contributed by atoms with van der Waals surface area (Å²) in [5.41, 5.74) is 0. The topological polar surface area (TPSA) is 69.6 Å². The van der Waals surface area contributed by atoms with Crippen molar-refractivity contribution >= 4 is 5.91 Å². The molecule has 0 radical (unpaired) electrons. The first-order valence-corrected chi connectivity index (χ1v) is 21.1. The van der Waals surface area contributed by atoms with Crippen molar-refractivity contribution in [1.82, 2.24) is 5.32 Å². The number of aliphatic hydroxyl groups is 2. The maximum atomic E-state index is 12.3. The lowest BCUT2D eigenvalue weighted by Gasteiger charge is -2.20. The largest absolute Gasteiger partial charge is 0.394 e. The minimum atomic E-state index is -0.839. The van der Waals surface area contributed by atoms with Crippen LogP contribution in [0.15, 0.2) is 24.3 Å². The standard InChI is InChI=1S/C43H83NO3/c1-3-5-7-9-11-13-15-17-19-20-21-22-23-24-25-26-28-30-32-34-36-38-42(46)41(40-45)44-43(47)39-37-35-33-31-29-27-18-16-14-12-10-8-6-4-2/h16,18,36,38,41-42,45-46H,3-15,17,19-35,37,39-40H2,1-2H3,(H,44,47)/b18-16-,38-36+. The van der Waals surface area contributed by atoms with E-state index in [9.17, 15) is 15.0 Å². The molecule has 0 aromatic carbocycles. The molecule has 0 aromatic heterocycles. The van der Waals surface area contributed by atoms with Crippen molar-refractivity contribution in [3.63, 3.8) is 0 Å². The molecule has 0 rings (SSSR count). The fourth-order valence-electron chi connectivity index (χ4n) is 6.41. The number of unbranched alkanes of at least 4 members (excludes halogenated alkanes) is 29. The van der Waals surface area contributed by atoms with Crippen molar-refractivity contribution in [3.05, 3.63) is 24.3 Å². The Bertz CT molecular complexity index is 676. The Morgan fingerprint density at radius 2 is 0.809 bits per heavy atom. The van der Waals surface area contributed by atoms with E-state index in [0.717, 1.165) is 32.1 Å². The number of hydrogen-bond acceptors (Lipinski definition) is 3. The monoisotopic (exact) mass is 662 g/mol. The second kappa shape index (κ2) is 39.3. The van der Waals surface area contributed by atoms with Crippen LogP contribution < -0.4 is 5.32 Å². The van der Waals surface area contributed by atoms with Gasteiger partial charge in [0.25, 0.3) is 0 Å². The summed E-state index contributed by atoms with van der Waals surface area (Å²) in [5, 5.41) is 23.0. The van der Waals surface area contributed by atoms with Gasteiger partial charge in [-0.25, -0.2) is 0 Å². The van der Waals surface area contributed by atoms with Gasteiger partial charge in [0.2, 0.25) is 5.91 Å². The van der Waals surface area contributed by atoms with Crippen molar-refractivity contribution in [2.75, 3.05) is 6.61 Å². The summed E-state index contributed by atoms with van der Waals surface area (Å²) in [4.78, 5) is 12.3. The van der Waals surface area contributed by atoms with Gasteiger partial charge in [-0.15, -0.1) is 0 Å². The van der Waals surface area contributed by atoms with Crippen LogP contribution in [0.3, 0.4) is 0 Å². The highest BCUT2D eigenvalue weighted by Crippen LogP contribution is 2.15. The zero-order valence-electron chi connectivity index (χ0n) is 31.8. The quantitative estimate of drug-likeness (QED) is 0.0455. The molecule has 0 aliphatic heterocycles. The predicted octanol–water partition coefficient (Wildman–Crippen LogP) is 12.8. The van der Waals surface area contributed by atoms with Gasteiger partial charge < -0.3 is 15.5 Å². The molecule has 2 atom stereocenters. The summed E-state index contributed by atoms with van der Waals surface area (Å²) < 4.78 is 0. The van der Waals surface area contributed by atoms with Crippen molar-refractivity contribution in [2.24, 2.45) is 0 Å². The minimum absolute atomic E-state index is 0.0721. The lowest BCUT2D eigenvalue weighted by molar-refractivity contribution is -0.123. The van der Waals surface area contributed by atoms with Crippen molar-refractivity contribution in [1.29, 1.82) is 0 Å². The molecule has 3 N–H and O–H groups in total. The molecule has 0 fully saturated rings. The van der Waals surface area contributed by atoms with Gasteiger partial charge in [-0.2, -0.15) is 0 Å². The van der Waals surface area contributed by atoms with E-state index in [1.54, 1.807) is 6.08 Å². The number of nitrogens with one attached hydrogen (secondary N) is 1. The summed E-state index contributed by atoms with van der Waals surface area (Å²) in [6, 6.07) is -0.623. The Labute approximate surface area is 294 Å². The van der Waals surface area contributed by atoms with E-state index in [4.69, 9.17) is 0 Å². The third-order valence-corrected chi connectivity index (χ3v) is 9.68. The van der Waals surface area contributed by atoms with E-state index >= 15 is 0 Å². The number of amides is 1. The average Bonchev–Trinajstić information content (AvgIpc) is 3.07. The first kappa shape index (κ1) is 45.9. The second-order valence-electron chi connectivity index (χ2n) is 14.4. The van der Waals surface area contributed by atoms with Crippen LogP contribution in [-0.2, 0) is 4.79 Å². The molecule has 4 nitrogen and oxygen atoms in total. The normalized spacial score (nSPS) is 13.2. The van der Waals surface area contributed by atoms with Gasteiger partial charge in [-0.3, -0.25) is 4.79 Å². The maximum Gasteiger partial charge on any atom is 0.220 e. The van der Waals surface area contributed by atoms with E-state index in [1.165, 1.54) is 173 Å². The SMILES string of the molecule is CCCCCCC/C=C\CCCCCCCC(=O)NC(CO)C(O)/C=C/CCCCCCCCCCCCCCCCCCCCC. The lowest BCUT2D eigenvalue weighted by Crippen LogP contribution is -2.45. The Morgan fingerprint density at radius 3 is 1.17 bits per heavy atom. The Morgan fingerprint density at radius 1 is 0.489 bits per heavy atom. The molecule has 0 aliphatic rings. The van der Waals surface area contributed by atoms with Crippen LogP contribution in [-0.4, -0.2) is 34.9 Å². The lowest BCUT2D eigenvalue weighted by atomic mass is 10.0. The third-order valence-electron chi connectivity index (χ3n) is 9.68. The third kappa shape index (κ3) is 36.0. The van der Waals surface area contributed by atoms with Crippen molar-refractivity contribution < 1.29 is 15.0 Å². The van der Waals surface area contributed by atoms with Crippen LogP contribution in [0.4, 0.5) is 0 Å². The summed E-state index contributed by atoms with van der Waals surface area (Å²) in [5.74, 6) is -0.0721. The maximum absolute atomic E-state index is 12.3. The molecule has 0 saturated carbocycles. The predicted molar refractivity (Wildman–Crippen MR) is 207 cm³/mol. The van der Waals surface area contributed by atoms with Crippen LogP contribution in [0.2, 0.25) is 0 Å². The number of aliphatic hydroxyl groups excluding tert-OH is 2. The zero-order chi connectivity index (χ0) is 34.3. The molecule has 4 heteroatoms. The Kier molecular flexibility index (Phi) is 38.4. The van der Waals surface area contributed by atoms with Crippen molar-refractivity contribution in [2.45, 2.75) is 238 Å². The average molecular weight is 662 g/mol. The van der Waals surface area contributed by atoms with Gasteiger partial charge in [0.05, 0.1) is 18.8 Å². The van der Waals surface area contributed by atoms with E-state index in [1.807, 2.05) is 6.08 Å². The van der Waals surface area contributed by atoms with Crippen LogP contribution in [0.25, 0.3) is 0 Å². The van der Waals surface area contributed by atoms with Crippen molar-refractivity contribution in [3.8, 4) is 0 Å². The van der Waals surface area contributed by atoms with Gasteiger partial charge in [0.1, 0.15) is 0 Å². The number of allylic oxidation sites excluding steroid dienone is 3. The fraction of sp³-hybridized carbons (Fsp3) is 0.884. The van der Waals surface area contributed by atoms with E-state index < -0.39 is 12.1 Å². The van der Waals surface area contributed by atoms with Crippen LogP contribution >= 0.6 is 0 Å². The Balaban J connectivity index is 3.56. The number of carbonyl (C=O) groups is 1. The summed E-state index contributed by atoms with van der Waals surface area (Å²) in [7, 11) is 0. The van der Waals surface area contributed by atoms with Gasteiger partial charge >= 0.3 is 0 Å². The van der Waals surface area contributed by atoms with Crippen LogP contribution in [0.5, 0.6) is 0 Å². The Hall–Kier alpha value is -1.13. The summed E-state index contributed by atoms with van der Waals surface area (Å²) in [6.07, 6.45) is 49.9. The molecule has 0 saturated heterocycles. The molecule has 0 spiro atoms. The number of hydrogen-bond donors (Lipinski definition) is 3. The molecule has 0 aliphatic carbocycles. The minimum Gasteiger partial charge on any atom is -0.394 e. The zero-order valence-corrected chi connectivity index (χ0v) is 31.8. The van der Waals surface area contributed by atoms with E-state index in [-0.39, 0.29) is 12.5 Å². The van der Waals surface area contributed by atoms with Gasteiger partial charge in [-0.1, -0.05) is 199 Å². The first-order chi connectivity index (χ1) is 23.2.